The summed E-state index contributed by atoms with van der Waals surface area (Å²) in [7, 11) is 3.17. The number of carbonyl (C=O) groups excluding carboxylic acids is 1. The fourth-order valence-electron chi connectivity index (χ4n) is 3.31. The molecule has 2 aromatic rings. The van der Waals surface area contributed by atoms with E-state index < -0.39 is 0 Å². The molecule has 166 valence electrons. The first kappa shape index (κ1) is 22.6. The van der Waals surface area contributed by atoms with Gasteiger partial charge in [0.1, 0.15) is 11.8 Å². The molecule has 0 bridgehead atoms. The lowest BCUT2D eigenvalue weighted by Gasteiger charge is -2.11. The molecule has 3 N–H and O–H groups in total. The number of nitrogens with one attached hydrogen (secondary N) is 3. The van der Waals surface area contributed by atoms with Crippen LogP contribution in [0.2, 0.25) is 0 Å². The van der Waals surface area contributed by atoms with E-state index >= 15 is 0 Å². The summed E-state index contributed by atoms with van der Waals surface area (Å²) < 4.78 is 16.2. The van der Waals surface area contributed by atoms with E-state index in [-0.39, 0.29) is 18.0 Å². The number of carbonyl (C=O) groups is 1. The van der Waals surface area contributed by atoms with Crippen molar-refractivity contribution in [1.29, 1.82) is 0 Å². The summed E-state index contributed by atoms with van der Waals surface area (Å²) in [5, 5.41) is 4.24. The Morgan fingerprint density at radius 3 is 2.52 bits per heavy atom. The molecule has 0 aliphatic carbocycles. The first-order valence-corrected chi connectivity index (χ1v) is 10.4. The number of nitrogens with zero attached hydrogens (tertiary/aromatic N) is 1. The zero-order valence-corrected chi connectivity index (χ0v) is 18.4. The second-order valence-electron chi connectivity index (χ2n) is 7.29. The van der Waals surface area contributed by atoms with E-state index in [2.05, 4.69) is 28.3 Å². The zero-order valence-electron chi connectivity index (χ0n) is 18.4. The largest absolute Gasteiger partial charge is 0.494 e. The fourth-order valence-corrected chi connectivity index (χ4v) is 3.31. The van der Waals surface area contributed by atoms with Crippen LogP contribution in [0.15, 0.2) is 47.6 Å². The van der Waals surface area contributed by atoms with E-state index in [0.717, 1.165) is 23.3 Å². The minimum absolute atomic E-state index is 0.0342. The van der Waals surface area contributed by atoms with Crippen LogP contribution in [0.3, 0.4) is 0 Å². The van der Waals surface area contributed by atoms with Gasteiger partial charge in [-0.3, -0.25) is 4.79 Å². The SMILES string of the molecule is CCCOc1ccc(C2CC(C(=O)N/N=C(/C)c3ccc(OC)c(OC)c3)NN2)cc1. The molecule has 1 aliphatic rings. The lowest BCUT2D eigenvalue weighted by Crippen LogP contribution is -2.41. The Hall–Kier alpha value is -3.10. The molecule has 0 saturated carbocycles. The molecule has 1 heterocycles. The van der Waals surface area contributed by atoms with Crippen molar-refractivity contribution in [3.05, 3.63) is 53.6 Å². The minimum Gasteiger partial charge on any atom is -0.494 e. The summed E-state index contributed by atoms with van der Waals surface area (Å²) in [6.07, 6.45) is 1.59. The smallest absolute Gasteiger partial charge is 0.258 e. The van der Waals surface area contributed by atoms with E-state index in [4.69, 9.17) is 14.2 Å². The van der Waals surface area contributed by atoms with Crippen LogP contribution in [0.1, 0.15) is 43.9 Å². The van der Waals surface area contributed by atoms with Gasteiger partial charge in [-0.2, -0.15) is 5.10 Å². The molecule has 1 saturated heterocycles. The predicted molar refractivity (Wildman–Crippen MR) is 120 cm³/mol. The molecule has 1 amide bonds. The lowest BCUT2D eigenvalue weighted by atomic mass is 10.0. The molecule has 0 radical (unpaired) electrons. The predicted octanol–water partition coefficient (Wildman–Crippen LogP) is 2.94. The van der Waals surface area contributed by atoms with E-state index in [1.807, 2.05) is 43.3 Å². The van der Waals surface area contributed by atoms with Crippen molar-refractivity contribution < 1.29 is 19.0 Å². The summed E-state index contributed by atoms with van der Waals surface area (Å²) in [4.78, 5) is 12.6. The number of benzene rings is 2. The van der Waals surface area contributed by atoms with Gasteiger partial charge in [0, 0.05) is 11.6 Å². The molecule has 31 heavy (non-hydrogen) atoms. The average molecular weight is 427 g/mol. The van der Waals surface area contributed by atoms with Gasteiger partial charge in [0.15, 0.2) is 11.5 Å². The summed E-state index contributed by atoms with van der Waals surface area (Å²) in [5.41, 5.74) is 11.5. The summed E-state index contributed by atoms with van der Waals surface area (Å²) >= 11 is 0. The second-order valence-corrected chi connectivity index (χ2v) is 7.29. The third kappa shape index (κ3) is 5.74. The number of hydrazine groups is 1. The maximum Gasteiger partial charge on any atom is 0.258 e. The Morgan fingerprint density at radius 1 is 1.10 bits per heavy atom. The van der Waals surface area contributed by atoms with Crippen LogP contribution in [0, 0.1) is 0 Å². The van der Waals surface area contributed by atoms with Crippen LogP contribution in [-0.4, -0.2) is 38.5 Å². The highest BCUT2D eigenvalue weighted by Gasteiger charge is 2.30. The topological polar surface area (TPSA) is 93.2 Å². The number of methoxy groups -OCH3 is 2. The van der Waals surface area contributed by atoms with Gasteiger partial charge < -0.3 is 14.2 Å². The standard InChI is InChI=1S/C23H30N4O4/c1-5-12-31-18-9-6-16(7-10-18)19-14-20(26-25-19)23(28)27-24-15(2)17-8-11-21(29-3)22(13-17)30-4/h6-11,13,19-20,25-26H,5,12,14H2,1-4H3,(H,27,28)/b24-15-. The maximum atomic E-state index is 12.6. The molecule has 8 heteroatoms. The van der Waals surface area contributed by atoms with E-state index in [9.17, 15) is 4.79 Å². The van der Waals surface area contributed by atoms with Gasteiger partial charge in [0.25, 0.3) is 5.91 Å². The zero-order chi connectivity index (χ0) is 22.2. The van der Waals surface area contributed by atoms with Crippen LogP contribution in [0.5, 0.6) is 17.2 Å². The first-order chi connectivity index (χ1) is 15.0. The molecule has 3 rings (SSSR count). The number of hydrogen-bond donors (Lipinski definition) is 3. The number of rotatable bonds is 9. The Morgan fingerprint density at radius 2 is 1.84 bits per heavy atom. The Balaban J connectivity index is 1.56. The quantitative estimate of drug-likeness (QED) is 0.422. The van der Waals surface area contributed by atoms with Gasteiger partial charge in [-0.05, 0) is 55.7 Å². The average Bonchev–Trinajstić information content (AvgIpc) is 3.31. The van der Waals surface area contributed by atoms with Crippen LogP contribution in [0.25, 0.3) is 0 Å². The molecule has 1 fully saturated rings. The molecular formula is C23H30N4O4. The van der Waals surface area contributed by atoms with Crippen molar-refractivity contribution >= 4 is 11.6 Å². The highest BCUT2D eigenvalue weighted by Crippen LogP contribution is 2.28. The molecule has 0 aromatic heterocycles. The van der Waals surface area contributed by atoms with Gasteiger partial charge in [-0.1, -0.05) is 19.1 Å². The van der Waals surface area contributed by atoms with E-state index in [1.54, 1.807) is 20.3 Å². The lowest BCUT2D eigenvalue weighted by molar-refractivity contribution is -0.122. The van der Waals surface area contributed by atoms with Gasteiger partial charge >= 0.3 is 0 Å². The van der Waals surface area contributed by atoms with Gasteiger partial charge in [0.05, 0.1) is 26.5 Å². The first-order valence-electron chi connectivity index (χ1n) is 10.4. The van der Waals surface area contributed by atoms with Crippen molar-refractivity contribution in [1.82, 2.24) is 16.3 Å². The van der Waals surface area contributed by atoms with E-state index in [0.29, 0.717) is 30.2 Å². The molecule has 1 aliphatic heterocycles. The van der Waals surface area contributed by atoms with Crippen molar-refractivity contribution in [3.8, 4) is 17.2 Å². The van der Waals surface area contributed by atoms with Crippen molar-refractivity contribution in [2.24, 2.45) is 5.10 Å². The van der Waals surface area contributed by atoms with Gasteiger partial charge in [-0.25, -0.2) is 16.3 Å². The summed E-state index contributed by atoms with van der Waals surface area (Å²) in [5.74, 6) is 1.90. The molecule has 2 atom stereocenters. The summed E-state index contributed by atoms with van der Waals surface area (Å²) in [6, 6.07) is 13.1. The summed E-state index contributed by atoms with van der Waals surface area (Å²) in [6.45, 7) is 4.61. The highest BCUT2D eigenvalue weighted by molar-refractivity contribution is 6.00. The monoisotopic (exact) mass is 426 g/mol. The van der Waals surface area contributed by atoms with Gasteiger partial charge in [-0.15, -0.1) is 0 Å². The van der Waals surface area contributed by atoms with Gasteiger partial charge in [0.2, 0.25) is 0 Å². The third-order valence-corrected chi connectivity index (χ3v) is 5.11. The number of amides is 1. The van der Waals surface area contributed by atoms with Crippen molar-refractivity contribution in [2.45, 2.75) is 38.8 Å². The number of ether oxygens (including phenoxy) is 3. The van der Waals surface area contributed by atoms with Crippen LogP contribution < -0.4 is 30.5 Å². The number of hydrogen-bond acceptors (Lipinski definition) is 7. The Kier molecular flexibility index (Phi) is 7.86. The fraction of sp³-hybridized carbons (Fsp3) is 0.391. The second kappa shape index (κ2) is 10.8. The highest BCUT2D eigenvalue weighted by atomic mass is 16.5. The molecule has 0 spiro atoms. The van der Waals surface area contributed by atoms with Crippen LogP contribution in [0.4, 0.5) is 0 Å². The normalized spacial score (nSPS) is 18.5. The van der Waals surface area contributed by atoms with Crippen molar-refractivity contribution in [3.63, 3.8) is 0 Å². The molecule has 2 unspecified atom stereocenters. The maximum absolute atomic E-state index is 12.6. The van der Waals surface area contributed by atoms with Crippen molar-refractivity contribution in [2.75, 3.05) is 20.8 Å². The van der Waals surface area contributed by atoms with Crippen LogP contribution in [-0.2, 0) is 4.79 Å². The molecular weight excluding hydrogens is 396 g/mol. The molecule has 8 nitrogen and oxygen atoms in total. The Labute approximate surface area is 182 Å². The third-order valence-electron chi connectivity index (χ3n) is 5.11. The number of hydrazone groups is 1. The Bertz CT molecular complexity index is 914. The molecule has 2 aromatic carbocycles. The van der Waals surface area contributed by atoms with E-state index in [1.165, 1.54) is 0 Å². The van der Waals surface area contributed by atoms with Crippen LogP contribution >= 0.6 is 0 Å². The minimum atomic E-state index is -0.386.